The van der Waals surface area contributed by atoms with Crippen LogP contribution in [0.25, 0.3) is 11.4 Å². The Morgan fingerprint density at radius 1 is 1.29 bits per heavy atom. The van der Waals surface area contributed by atoms with Crippen LogP contribution < -0.4 is 4.72 Å². The van der Waals surface area contributed by atoms with Gasteiger partial charge in [-0.25, -0.2) is 9.97 Å². The molecule has 2 heterocycles. The highest BCUT2D eigenvalue weighted by atomic mass is 32.2. The number of hydrogen-bond acceptors (Lipinski definition) is 4. The molecule has 3 aromatic rings. The van der Waals surface area contributed by atoms with Crippen molar-refractivity contribution >= 4 is 15.7 Å². The van der Waals surface area contributed by atoms with Gasteiger partial charge < -0.3 is 9.13 Å². The average Bonchev–Trinajstić information content (AvgIpc) is 3.13. The lowest BCUT2D eigenvalue weighted by Gasteiger charge is -2.08. The minimum atomic E-state index is -3.73. The van der Waals surface area contributed by atoms with Crippen LogP contribution in [-0.4, -0.2) is 27.5 Å². The van der Waals surface area contributed by atoms with Gasteiger partial charge >= 0.3 is 0 Å². The lowest BCUT2D eigenvalue weighted by molar-refractivity contribution is 0.598. The summed E-state index contributed by atoms with van der Waals surface area (Å²) in [7, 11) is -1.84. The Hall–Kier alpha value is -2.61. The van der Waals surface area contributed by atoms with E-state index in [1.807, 2.05) is 30.8 Å². The number of anilines is 1. The van der Waals surface area contributed by atoms with E-state index in [9.17, 15) is 8.42 Å². The highest BCUT2D eigenvalue weighted by molar-refractivity contribution is 7.92. The number of sulfonamides is 1. The van der Waals surface area contributed by atoms with Gasteiger partial charge in [0.25, 0.3) is 10.0 Å². The molecule has 1 aromatic carbocycles. The van der Waals surface area contributed by atoms with Gasteiger partial charge in [-0.05, 0) is 26.0 Å². The maximum atomic E-state index is 12.5. The number of imidazole rings is 2. The summed E-state index contributed by atoms with van der Waals surface area (Å²) in [5.74, 6) is 1.43. The predicted molar refractivity (Wildman–Crippen MR) is 92.1 cm³/mol. The first-order valence-corrected chi connectivity index (χ1v) is 9.03. The van der Waals surface area contributed by atoms with Gasteiger partial charge in [0.2, 0.25) is 0 Å². The van der Waals surface area contributed by atoms with E-state index in [4.69, 9.17) is 0 Å². The van der Waals surface area contributed by atoms with Crippen molar-refractivity contribution in [3.63, 3.8) is 0 Å². The van der Waals surface area contributed by atoms with E-state index in [0.717, 1.165) is 11.4 Å². The average molecular weight is 345 g/mol. The Kier molecular flexibility index (Phi) is 4.15. The van der Waals surface area contributed by atoms with Crippen LogP contribution in [0.15, 0.2) is 47.9 Å². The Bertz CT molecular complexity index is 972. The van der Waals surface area contributed by atoms with Gasteiger partial charge in [0, 0.05) is 43.4 Å². The molecule has 0 aliphatic carbocycles. The maximum Gasteiger partial charge on any atom is 0.280 e. The molecule has 24 heavy (non-hydrogen) atoms. The molecule has 1 N–H and O–H groups in total. The number of aromatic nitrogens is 4. The summed E-state index contributed by atoms with van der Waals surface area (Å²) >= 11 is 0. The fourth-order valence-corrected chi connectivity index (χ4v) is 3.56. The third-order valence-corrected chi connectivity index (χ3v) is 5.02. The second-order valence-electron chi connectivity index (χ2n) is 5.46. The molecule has 8 heteroatoms. The third-order valence-electron chi connectivity index (χ3n) is 3.76. The van der Waals surface area contributed by atoms with Crippen LogP contribution in [0.3, 0.4) is 0 Å². The van der Waals surface area contributed by atoms with E-state index in [-0.39, 0.29) is 5.03 Å². The minimum Gasteiger partial charge on any atom is -0.334 e. The minimum absolute atomic E-state index is 0.0178. The van der Waals surface area contributed by atoms with Crippen molar-refractivity contribution in [1.29, 1.82) is 0 Å². The summed E-state index contributed by atoms with van der Waals surface area (Å²) in [6, 6.07) is 7.13. The lowest BCUT2D eigenvalue weighted by Crippen LogP contribution is -2.13. The molecule has 0 radical (unpaired) electrons. The molecular weight excluding hydrogens is 326 g/mol. The second-order valence-corrected chi connectivity index (χ2v) is 7.09. The number of hydrogen-bond donors (Lipinski definition) is 1. The lowest BCUT2D eigenvalue weighted by atomic mass is 10.2. The largest absolute Gasteiger partial charge is 0.334 e. The van der Waals surface area contributed by atoms with Crippen LogP contribution in [0.2, 0.25) is 0 Å². The van der Waals surface area contributed by atoms with Crippen LogP contribution >= 0.6 is 0 Å². The highest BCUT2D eigenvalue weighted by Crippen LogP contribution is 2.22. The molecule has 126 valence electrons. The molecule has 0 saturated carbocycles. The third kappa shape index (κ3) is 3.05. The highest BCUT2D eigenvalue weighted by Gasteiger charge is 2.19. The van der Waals surface area contributed by atoms with Gasteiger partial charge in [0.1, 0.15) is 11.6 Å². The number of rotatable bonds is 5. The zero-order valence-corrected chi connectivity index (χ0v) is 14.6. The molecule has 0 aliphatic heterocycles. The molecule has 0 atom stereocenters. The summed E-state index contributed by atoms with van der Waals surface area (Å²) in [6.45, 7) is 4.39. The van der Waals surface area contributed by atoms with Crippen molar-refractivity contribution in [3.05, 3.63) is 48.7 Å². The van der Waals surface area contributed by atoms with E-state index in [1.165, 1.54) is 0 Å². The van der Waals surface area contributed by atoms with Crippen LogP contribution in [0.5, 0.6) is 0 Å². The molecule has 3 rings (SSSR count). The van der Waals surface area contributed by atoms with Crippen molar-refractivity contribution in [2.45, 2.75) is 25.4 Å². The number of aryl methyl sites for hydroxylation is 3. The molecule has 0 spiro atoms. The van der Waals surface area contributed by atoms with Crippen molar-refractivity contribution in [2.75, 3.05) is 4.72 Å². The van der Waals surface area contributed by atoms with Crippen LogP contribution in [0.1, 0.15) is 12.7 Å². The molecule has 0 amide bonds. The second kappa shape index (κ2) is 6.12. The molecule has 0 fully saturated rings. The van der Waals surface area contributed by atoms with E-state index >= 15 is 0 Å². The fraction of sp³-hybridized carbons (Fsp3) is 0.250. The Morgan fingerprint density at radius 3 is 2.71 bits per heavy atom. The summed E-state index contributed by atoms with van der Waals surface area (Å²) in [6.07, 6.45) is 5.08. The Labute approximate surface area is 141 Å². The monoisotopic (exact) mass is 345 g/mol. The zero-order valence-electron chi connectivity index (χ0n) is 13.8. The van der Waals surface area contributed by atoms with Gasteiger partial charge in [-0.3, -0.25) is 4.72 Å². The van der Waals surface area contributed by atoms with Crippen molar-refractivity contribution in [3.8, 4) is 11.4 Å². The predicted octanol–water partition coefficient (Wildman–Crippen LogP) is 2.41. The molecule has 0 aliphatic rings. The van der Waals surface area contributed by atoms with Gasteiger partial charge in [-0.15, -0.1) is 0 Å². The van der Waals surface area contributed by atoms with Gasteiger partial charge in [-0.1, -0.05) is 12.1 Å². The summed E-state index contributed by atoms with van der Waals surface area (Å²) in [5.41, 5.74) is 1.30. The van der Waals surface area contributed by atoms with E-state index in [2.05, 4.69) is 14.7 Å². The quantitative estimate of drug-likeness (QED) is 0.770. The maximum absolute atomic E-state index is 12.5. The van der Waals surface area contributed by atoms with E-state index in [0.29, 0.717) is 18.1 Å². The molecule has 0 bridgehead atoms. The molecule has 7 nitrogen and oxygen atoms in total. The van der Waals surface area contributed by atoms with Crippen LogP contribution in [0.4, 0.5) is 5.69 Å². The fourth-order valence-electron chi connectivity index (χ4n) is 2.50. The van der Waals surface area contributed by atoms with Crippen LogP contribution in [-0.2, 0) is 23.6 Å². The summed E-state index contributed by atoms with van der Waals surface area (Å²) in [4.78, 5) is 8.41. The SMILES string of the molecule is CCn1cc(S(=O)(=O)Nc2cccc(-c3nccn3C)c2)nc1C. The first-order chi connectivity index (χ1) is 11.4. The topological polar surface area (TPSA) is 81.8 Å². The normalized spacial score (nSPS) is 11.6. The van der Waals surface area contributed by atoms with Crippen molar-refractivity contribution in [2.24, 2.45) is 7.05 Å². The van der Waals surface area contributed by atoms with E-state index in [1.54, 1.807) is 42.1 Å². The number of nitrogens with zero attached hydrogens (tertiary/aromatic N) is 4. The smallest absolute Gasteiger partial charge is 0.280 e. The standard InChI is InChI=1S/C16H19N5O2S/c1-4-21-11-15(18-12(21)2)24(22,23)19-14-7-5-6-13(10-14)16-17-8-9-20(16)3/h5-11,19H,4H2,1-3H3. The molecular formula is C16H19N5O2S. The van der Waals surface area contributed by atoms with Gasteiger partial charge in [0.15, 0.2) is 5.03 Å². The van der Waals surface area contributed by atoms with Crippen LogP contribution in [0, 0.1) is 6.92 Å². The summed E-state index contributed by atoms with van der Waals surface area (Å²) < 4.78 is 31.3. The van der Waals surface area contributed by atoms with Gasteiger partial charge in [0.05, 0.1) is 0 Å². The first kappa shape index (κ1) is 16.3. The molecule has 0 saturated heterocycles. The molecule has 2 aromatic heterocycles. The van der Waals surface area contributed by atoms with Gasteiger partial charge in [-0.2, -0.15) is 8.42 Å². The summed E-state index contributed by atoms with van der Waals surface area (Å²) in [5, 5.41) is 0.0178. The van der Waals surface area contributed by atoms with E-state index < -0.39 is 10.0 Å². The first-order valence-electron chi connectivity index (χ1n) is 7.55. The Balaban J connectivity index is 1.91. The zero-order chi connectivity index (χ0) is 17.3. The molecule has 0 unspecified atom stereocenters. The van der Waals surface area contributed by atoms with Crippen molar-refractivity contribution < 1.29 is 8.42 Å². The number of benzene rings is 1. The van der Waals surface area contributed by atoms with Crippen molar-refractivity contribution in [1.82, 2.24) is 19.1 Å². The number of nitrogens with one attached hydrogen (secondary N) is 1. The Morgan fingerprint density at radius 2 is 2.08 bits per heavy atom.